The number of rotatable bonds is 8. The van der Waals surface area contributed by atoms with Gasteiger partial charge in [0.1, 0.15) is 42.0 Å². The summed E-state index contributed by atoms with van der Waals surface area (Å²) in [5, 5.41) is 30.7. The molecule has 0 aliphatic carbocycles. The van der Waals surface area contributed by atoms with Gasteiger partial charge in [0.05, 0.1) is 25.4 Å². The summed E-state index contributed by atoms with van der Waals surface area (Å²) < 4.78 is 48.3. The van der Waals surface area contributed by atoms with Crippen molar-refractivity contribution in [3.63, 3.8) is 0 Å². The highest BCUT2D eigenvalue weighted by Gasteiger charge is 2.56. The molecular formula is C21H26FN10O9P. The molecule has 0 spiro atoms. The highest BCUT2D eigenvalue weighted by atomic mass is 31.2. The number of nitrogens with zero attached hydrogens (tertiary/aromatic N) is 7. The second-order valence-corrected chi connectivity index (χ2v) is 11.8. The largest absolute Gasteiger partial charge is 0.396 e. The molecule has 0 saturated carbocycles. The van der Waals surface area contributed by atoms with Gasteiger partial charge in [-0.25, -0.2) is 24.3 Å². The van der Waals surface area contributed by atoms with Gasteiger partial charge in [-0.05, 0) is 6.42 Å². The van der Waals surface area contributed by atoms with E-state index >= 15 is 4.39 Å². The van der Waals surface area contributed by atoms with Crippen molar-refractivity contribution in [2.45, 2.75) is 55.1 Å². The quantitative estimate of drug-likeness (QED) is 0.105. The molecule has 2 aliphatic heterocycles. The van der Waals surface area contributed by atoms with Crippen molar-refractivity contribution < 1.29 is 43.2 Å². The number of hydrogen-bond donors (Lipinski definition) is 7. The molecule has 226 valence electrons. The lowest BCUT2D eigenvalue weighted by Gasteiger charge is -2.26. The molecule has 4 aromatic heterocycles. The number of anilines is 2. The van der Waals surface area contributed by atoms with Crippen LogP contribution in [0.3, 0.4) is 0 Å². The molecule has 9 atom stereocenters. The zero-order chi connectivity index (χ0) is 29.9. The average molecular weight is 612 g/mol. The lowest BCUT2D eigenvalue weighted by Crippen LogP contribution is -2.35. The number of ether oxygens (including phenoxy) is 2. The fraction of sp³-hybridized carbons (Fsp3) is 0.524. The predicted molar refractivity (Wildman–Crippen MR) is 138 cm³/mol. The zero-order valence-electron chi connectivity index (χ0n) is 21.4. The Morgan fingerprint density at radius 1 is 1.02 bits per heavy atom. The highest BCUT2D eigenvalue weighted by Crippen LogP contribution is 2.58. The molecule has 4 aromatic rings. The molecule has 21 heteroatoms. The number of hydrogen-bond acceptors (Lipinski definition) is 15. The normalized spacial score (nSPS) is 31.3. The fourth-order valence-electron chi connectivity index (χ4n) is 5.19. The van der Waals surface area contributed by atoms with Gasteiger partial charge in [-0.15, -0.1) is 0 Å². The van der Waals surface area contributed by atoms with Gasteiger partial charge in [-0.1, -0.05) is 0 Å². The van der Waals surface area contributed by atoms with Crippen molar-refractivity contribution in [3.05, 3.63) is 29.3 Å². The number of H-pyrrole nitrogens is 1. The van der Waals surface area contributed by atoms with Gasteiger partial charge >= 0.3 is 7.60 Å². The molecule has 6 rings (SSSR count). The third-order valence-corrected chi connectivity index (χ3v) is 9.04. The first-order valence-electron chi connectivity index (χ1n) is 12.6. The van der Waals surface area contributed by atoms with Crippen LogP contribution in [0.2, 0.25) is 0 Å². The van der Waals surface area contributed by atoms with E-state index in [1.807, 2.05) is 0 Å². The number of imidazole rings is 2. The van der Waals surface area contributed by atoms with Crippen LogP contribution in [-0.4, -0.2) is 109 Å². The molecule has 42 heavy (non-hydrogen) atoms. The summed E-state index contributed by atoms with van der Waals surface area (Å²) in [6.07, 6.45) is -7.40. The Hall–Kier alpha value is -3.62. The smallest absolute Gasteiger partial charge is 0.338 e. The Balaban J connectivity index is 1.25. The first-order chi connectivity index (χ1) is 20.0. The maximum absolute atomic E-state index is 15.7. The van der Waals surface area contributed by atoms with Crippen LogP contribution in [0.4, 0.5) is 16.2 Å². The monoisotopic (exact) mass is 612 g/mol. The molecular weight excluding hydrogens is 586 g/mol. The summed E-state index contributed by atoms with van der Waals surface area (Å²) in [4.78, 5) is 45.4. The molecule has 19 nitrogen and oxygen atoms in total. The van der Waals surface area contributed by atoms with Crippen molar-refractivity contribution in [2.75, 3.05) is 24.7 Å². The molecule has 9 N–H and O–H groups in total. The molecule has 2 aliphatic rings. The lowest BCUT2D eigenvalue weighted by molar-refractivity contribution is -0.0493. The van der Waals surface area contributed by atoms with Gasteiger partial charge in [0.25, 0.3) is 5.56 Å². The summed E-state index contributed by atoms with van der Waals surface area (Å²) >= 11 is 0. The Kier molecular flexibility index (Phi) is 7.18. The van der Waals surface area contributed by atoms with Crippen LogP contribution in [0.15, 0.2) is 23.8 Å². The van der Waals surface area contributed by atoms with E-state index in [1.54, 1.807) is 0 Å². The molecule has 0 radical (unpaired) electrons. The minimum atomic E-state index is -4.98. The van der Waals surface area contributed by atoms with Crippen LogP contribution in [-0.2, 0) is 18.6 Å². The third-order valence-electron chi connectivity index (χ3n) is 7.23. The Bertz CT molecular complexity index is 1730. The SMILES string of the molecule is Nc1nc2c(ncn2[C@@H]2O[C@H](CCO)[C@H](F)[C@H]2P(=O)(O)OC[C@H]2O[C@@H](n3cnc4c(N)ncnc43)[C@H](O)[C@@H]2O)c(=O)[nH]1. The highest BCUT2D eigenvalue weighted by molar-refractivity contribution is 7.53. The van der Waals surface area contributed by atoms with Crippen molar-refractivity contribution in [1.82, 2.24) is 39.0 Å². The molecule has 6 heterocycles. The molecule has 1 unspecified atom stereocenters. The average Bonchev–Trinajstić information content (AvgIpc) is 3.69. The number of nitrogens with two attached hydrogens (primary N) is 2. The Morgan fingerprint density at radius 2 is 1.71 bits per heavy atom. The minimum Gasteiger partial charge on any atom is -0.396 e. The van der Waals surface area contributed by atoms with E-state index in [0.29, 0.717) is 0 Å². The molecule has 0 bridgehead atoms. The number of alkyl halides is 1. The van der Waals surface area contributed by atoms with Crippen LogP contribution in [0.5, 0.6) is 0 Å². The van der Waals surface area contributed by atoms with Crippen LogP contribution < -0.4 is 17.0 Å². The zero-order valence-corrected chi connectivity index (χ0v) is 22.3. The molecule has 2 fully saturated rings. The predicted octanol–water partition coefficient (Wildman–Crippen LogP) is -2.07. The van der Waals surface area contributed by atoms with Gasteiger partial charge in [0.2, 0.25) is 5.95 Å². The number of nitrogens with one attached hydrogen (secondary N) is 1. The number of nitrogen functional groups attached to an aromatic ring is 2. The van der Waals surface area contributed by atoms with Crippen LogP contribution in [0.1, 0.15) is 18.9 Å². The Morgan fingerprint density at radius 3 is 2.45 bits per heavy atom. The fourth-order valence-corrected chi connectivity index (χ4v) is 6.81. The summed E-state index contributed by atoms with van der Waals surface area (Å²) in [5.41, 5.74) is 8.97. The van der Waals surface area contributed by atoms with Gasteiger partial charge in [-0.3, -0.25) is 23.5 Å². The van der Waals surface area contributed by atoms with E-state index in [-0.39, 0.29) is 40.5 Å². The van der Waals surface area contributed by atoms with Crippen molar-refractivity contribution >= 4 is 41.7 Å². The summed E-state index contributed by atoms with van der Waals surface area (Å²) in [6.45, 7) is -1.24. The van der Waals surface area contributed by atoms with Crippen LogP contribution >= 0.6 is 7.60 Å². The van der Waals surface area contributed by atoms with E-state index in [4.69, 9.17) is 25.5 Å². The topological polar surface area (TPSA) is 285 Å². The van der Waals surface area contributed by atoms with E-state index in [0.717, 1.165) is 10.9 Å². The van der Waals surface area contributed by atoms with E-state index < -0.39 is 75.1 Å². The number of fused-ring (bicyclic) bond motifs is 2. The van der Waals surface area contributed by atoms with Crippen LogP contribution in [0, 0.1) is 0 Å². The second-order valence-electron chi connectivity index (χ2n) is 9.78. The van der Waals surface area contributed by atoms with Crippen molar-refractivity contribution in [1.29, 1.82) is 0 Å². The van der Waals surface area contributed by atoms with Gasteiger partial charge < -0.3 is 45.7 Å². The number of aliphatic hydroxyl groups excluding tert-OH is 3. The standard InChI is InChI=1S/C21H26FN10O9P/c22-9-7(1-2-33)40-20(32-6-28-11-17(32)29-21(24)30-18(11)36)14(9)42(37,38)39-3-8-12(34)13(35)19(41-8)31-5-27-10-15(23)25-4-26-16(10)31/h4-9,12-14,19-20,33-35H,1-3H2,(H,37,38)(H2,23,25,26)(H3,24,29,30,36)/t7-,8-,9+,12-,13-,14-,19-,20-/m1/s1. The van der Waals surface area contributed by atoms with Gasteiger partial charge in [0.15, 0.2) is 35.1 Å². The molecule has 0 aromatic carbocycles. The lowest BCUT2D eigenvalue weighted by atomic mass is 10.1. The van der Waals surface area contributed by atoms with Crippen molar-refractivity contribution in [2.24, 2.45) is 0 Å². The van der Waals surface area contributed by atoms with Gasteiger partial charge in [-0.2, -0.15) is 4.98 Å². The first-order valence-corrected chi connectivity index (χ1v) is 14.2. The number of halogens is 1. The Labute approximate surface area is 233 Å². The minimum absolute atomic E-state index is 0.0784. The van der Waals surface area contributed by atoms with Crippen LogP contribution in [0.25, 0.3) is 22.3 Å². The number of aliphatic hydroxyl groups is 3. The maximum Gasteiger partial charge on any atom is 0.338 e. The molecule has 2 saturated heterocycles. The molecule has 0 amide bonds. The van der Waals surface area contributed by atoms with Crippen molar-refractivity contribution in [3.8, 4) is 0 Å². The maximum atomic E-state index is 15.7. The summed E-state index contributed by atoms with van der Waals surface area (Å²) in [7, 11) is -4.98. The second kappa shape index (κ2) is 10.6. The van der Waals surface area contributed by atoms with Gasteiger partial charge in [0, 0.05) is 6.61 Å². The summed E-state index contributed by atoms with van der Waals surface area (Å²) in [6, 6.07) is 0. The first kappa shape index (κ1) is 28.5. The third kappa shape index (κ3) is 4.61. The number of aromatic nitrogens is 8. The van der Waals surface area contributed by atoms with E-state index in [2.05, 4.69) is 29.9 Å². The van der Waals surface area contributed by atoms with E-state index in [9.17, 15) is 29.6 Å². The van der Waals surface area contributed by atoms with E-state index in [1.165, 1.54) is 17.2 Å². The summed E-state index contributed by atoms with van der Waals surface area (Å²) in [5.74, 6) is -0.203. The number of aromatic amines is 1.